The SMILES string of the molecule is Cc1cc2c3c(c1)N(c1cc(-c4ccccc4)c(C(C)(C)c4ccccc4)cc1-c1ccccc1)c1cc(C(C)(C)c4ccccc4)ccc1B3c1cc3c(cc1N2c1ccc2c(c1)C(C)(C)CCC2(C)C)C(C)(C)CCC3(C)C. The lowest BCUT2D eigenvalue weighted by Gasteiger charge is -2.48. The van der Waals surface area contributed by atoms with Gasteiger partial charge in [-0.15, -0.1) is 0 Å². The lowest BCUT2D eigenvalue weighted by atomic mass is 9.33. The third kappa shape index (κ3) is 8.18. The van der Waals surface area contributed by atoms with Gasteiger partial charge in [-0.25, -0.2) is 0 Å². The van der Waals surface area contributed by atoms with E-state index in [4.69, 9.17) is 0 Å². The molecule has 0 bridgehead atoms. The number of nitrogens with zero attached hydrogens (tertiary/aromatic N) is 2. The molecule has 13 rings (SSSR count). The monoisotopic (exact) mass is 1040 g/mol. The molecule has 0 saturated carbocycles. The van der Waals surface area contributed by atoms with Crippen LogP contribution < -0.4 is 26.2 Å². The van der Waals surface area contributed by atoms with Gasteiger partial charge >= 0.3 is 0 Å². The third-order valence-electron chi connectivity index (χ3n) is 20.2. The molecule has 0 atom stereocenters. The van der Waals surface area contributed by atoms with Crippen LogP contribution in [0.4, 0.5) is 34.1 Å². The number of aryl methyl sites for hydroxylation is 1. The molecule has 2 aliphatic carbocycles. The molecule has 2 nitrogen and oxygen atoms in total. The predicted molar refractivity (Wildman–Crippen MR) is 344 cm³/mol. The largest absolute Gasteiger partial charge is 0.311 e. The van der Waals surface area contributed by atoms with Crippen molar-refractivity contribution in [2.45, 2.75) is 148 Å². The Hall–Kier alpha value is -7.36. The van der Waals surface area contributed by atoms with Gasteiger partial charge in [-0.3, -0.25) is 0 Å². The number of anilines is 6. The van der Waals surface area contributed by atoms with Gasteiger partial charge in [0.25, 0.3) is 6.71 Å². The Morgan fingerprint density at radius 1 is 0.362 bits per heavy atom. The van der Waals surface area contributed by atoms with Crippen LogP contribution in [0.1, 0.15) is 159 Å². The molecular weight excluding hydrogens is 964 g/mol. The van der Waals surface area contributed by atoms with Crippen molar-refractivity contribution >= 4 is 57.2 Å². The zero-order valence-corrected chi connectivity index (χ0v) is 49.8. The Morgan fingerprint density at radius 2 is 0.838 bits per heavy atom. The Bertz CT molecular complexity index is 3900. The molecule has 0 spiro atoms. The molecule has 0 radical (unpaired) electrons. The summed E-state index contributed by atoms with van der Waals surface area (Å²) in [5.41, 5.74) is 28.4. The first-order valence-electron chi connectivity index (χ1n) is 29.7. The normalized spacial score (nSPS) is 17.2. The van der Waals surface area contributed by atoms with E-state index in [1.165, 1.54) is 129 Å². The first kappa shape index (κ1) is 52.0. The average molecular weight is 1040 g/mol. The van der Waals surface area contributed by atoms with Crippen molar-refractivity contribution in [2.75, 3.05) is 9.80 Å². The highest BCUT2D eigenvalue weighted by Gasteiger charge is 2.48. The molecule has 3 heteroatoms. The van der Waals surface area contributed by atoms with E-state index in [9.17, 15) is 0 Å². The second-order valence-corrected chi connectivity index (χ2v) is 27.9. The van der Waals surface area contributed by atoms with Gasteiger partial charge in [-0.2, -0.15) is 0 Å². The standard InChI is InChI=1S/C77H79BN2/c1-50-42-69-71-70(43-50)80(66-47-57(51-26-18-14-19-27-51)60(46-58(66)52-28-20-15-21-29-52)77(12,13)54-32-24-17-25-33-54)67-44-55(76(10,11)53-30-22-16-23-31-53)34-37-64(67)78(71)65-48-62-63(75(8,9)41-40-74(62,6)7)49-68(65)79(69)56-35-36-59-61(45-56)73(4,5)39-38-72(59,2)3/h14-37,42-49H,38-41H2,1-13H3. The summed E-state index contributed by atoms with van der Waals surface area (Å²) in [5.74, 6) is 0. The molecule has 0 N–H and O–H groups in total. The number of rotatable bonds is 8. The summed E-state index contributed by atoms with van der Waals surface area (Å²) in [7, 11) is 0. The van der Waals surface area contributed by atoms with Crippen molar-refractivity contribution < 1.29 is 0 Å². The Morgan fingerprint density at radius 3 is 1.41 bits per heavy atom. The molecule has 0 unspecified atom stereocenters. The van der Waals surface area contributed by atoms with Crippen molar-refractivity contribution in [1.82, 2.24) is 0 Å². The molecule has 0 amide bonds. The van der Waals surface area contributed by atoms with E-state index < -0.39 is 0 Å². The summed E-state index contributed by atoms with van der Waals surface area (Å²) >= 11 is 0. The first-order chi connectivity index (χ1) is 38.1. The van der Waals surface area contributed by atoms with E-state index in [-0.39, 0.29) is 39.2 Å². The van der Waals surface area contributed by atoms with E-state index in [0.717, 1.165) is 19.3 Å². The lowest BCUT2D eigenvalue weighted by Crippen LogP contribution is -2.62. The van der Waals surface area contributed by atoms with E-state index >= 15 is 0 Å². The van der Waals surface area contributed by atoms with Gasteiger partial charge < -0.3 is 9.80 Å². The fourth-order valence-corrected chi connectivity index (χ4v) is 14.9. The highest BCUT2D eigenvalue weighted by molar-refractivity contribution is 7.00. The van der Waals surface area contributed by atoms with Crippen molar-refractivity contribution in [3.05, 3.63) is 244 Å². The Balaban J connectivity index is 1.17. The predicted octanol–water partition coefficient (Wildman–Crippen LogP) is 18.8. The molecular formula is C77H79BN2. The summed E-state index contributed by atoms with van der Waals surface area (Å²) in [6.07, 6.45) is 4.66. The van der Waals surface area contributed by atoms with Crippen LogP contribution in [0.2, 0.25) is 0 Å². The highest BCUT2D eigenvalue weighted by Crippen LogP contribution is 2.55. The van der Waals surface area contributed by atoms with Crippen molar-refractivity contribution in [3.8, 4) is 22.3 Å². The summed E-state index contributed by atoms with van der Waals surface area (Å²) in [6, 6.07) is 75.3. The van der Waals surface area contributed by atoms with Crippen molar-refractivity contribution in [2.24, 2.45) is 0 Å². The number of fused-ring (bicyclic) bond motifs is 6. The molecule has 2 aliphatic heterocycles. The minimum absolute atomic E-state index is 0.0172. The third-order valence-corrected chi connectivity index (χ3v) is 20.2. The molecule has 80 heavy (non-hydrogen) atoms. The zero-order valence-electron chi connectivity index (χ0n) is 49.8. The van der Waals surface area contributed by atoms with Crippen LogP contribution >= 0.6 is 0 Å². The second kappa shape index (κ2) is 18.3. The maximum Gasteiger partial charge on any atom is 0.252 e. The fraction of sp³-hybridized carbons (Fsp3) is 0.299. The number of hydrogen-bond acceptors (Lipinski definition) is 2. The summed E-state index contributed by atoms with van der Waals surface area (Å²) < 4.78 is 0. The van der Waals surface area contributed by atoms with E-state index in [0.29, 0.717) is 0 Å². The van der Waals surface area contributed by atoms with Gasteiger partial charge in [0, 0.05) is 44.8 Å². The van der Waals surface area contributed by atoms with Gasteiger partial charge in [-0.1, -0.05) is 229 Å². The molecule has 0 aromatic heterocycles. The van der Waals surface area contributed by atoms with Crippen LogP contribution in [-0.2, 0) is 32.5 Å². The van der Waals surface area contributed by atoms with E-state index in [2.05, 4.69) is 294 Å². The van der Waals surface area contributed by atoms with Crippen LogP contribution in [0.3, 0.4) is 0 Å². The number of hydrogen-bond donors (Lipinski definition) is 0. The van der Waals surface area contributed by atoms with E-state index in [1.54, 1.807) is 0 Å². The Kier molecular flexibility index (Phi) is 11.9. The minimum Gasteiger partial charge on any atom is -0.311 e. The van der Waals surface area contributed by atoms with Crippen LogP contribution in [-0.4, -0.2) is 6.71 Å². The molecule has 2 heterocycles. The van der Waals surface area contributed by atoms with Crippen molar-refractivity contribution in [3.63, 3.8) is 0 Å². The molecule has 0 saturated heterocycles. The van der Waals surface area contributed by atoms with Crippen LogP contribution in [0, 0.1) is 6.92 Å². The van der Waals surface area contributed by atoms with Crippen LogP contribution in [0.25, 0.3) is 22.3 Å². The molecule has 400 valence electrons. The fourth-order valence-electron chi connectivity index (χ4n) is 14.9. The topological polar surface area (TPSA) is 6.48 Å². The van der Waals surface area contributed by atoms with E-state index in [1.807, 2.05) is 0 Å². The van der Waals surface area contributed by atoms with Gasteiger partial charge in [-0.05, 0) is 186 Å². The molecule has 4 aliphatic rings. The maximum absolute atomic E-state index is 2.71. The highest BCUT2D eigenvalue weighted by atomic mass is 15.2. The van der Waals surface area contributed by atoms with Gasteiger partial charge in [0.2, 0.25) is 0 Å². The summed E-state index contributed by atoms with van der Waals surface area (Å²) in [5, 5.41) is 0. The average Bonchev–Trinajstić information content (AvgIpc) is 3.46. The molecule has 0 fully saturated rings. The van der Waals surface area contributed by atoms with Crippen molar-refractivity contribution in [1.29, 1.82) is 0 Å². The Labute approximate surface area is 479 Å². The molecule has 9 aromatic carbocycles. The smallest absolute Gasteiger partial charge is 0.252 e. The quantitative estimate of drug-likeness (QED) is 0.140. The summed E-state index contributed by atoms with van der Waals surface area (Å²) in [6.45, 7) is 31.8. The first-order valence-corrected chi connectivity index (χ1v) is 29.7. The van der Waals surface area contributed by atoms with Gasteiger partial charge in [0.05, 0.1) is 5.69 Å². The lowest BCUT2D eigenvalue weighted by molar-refractivity contribution is 0.332. The van der Waals surface area contributed by atoms with Gasteiger partial charge in [0.15, 0.2) is 0 Å². The number of benzene rings is 9. The second-order valence-electron chi connectivity index (χ2n) is 27.9. The zero-order chi connectivity index (χ0) is 55.9. The van der Waals surface area contributed by atoms with Crippen LogP contribution in [0.5, 0.6) is 0 Å². The maximum atomic E-state index is 2.71. The van der Waals surface area contributed by atoms with Crippen LogP contribution in [0.15, 0.2) is 194 Å². The minimum atomic E-state index is -0.334. The van der Waals surface area contributed by atoms with Gasteiger partial charge in [0.1, 0.15) is 0 Å². The summed E-state index contributed by atoms with van der Waals surface area (Å²) in [4.78, 5) is 5.42. The molecule has 9 aromatic rings.